The van der Waals surface area contributed by atoms with Gasteiger partial charge in [-0.25, -0.2) is 9.59 Å². The number of ether oxygens (including phenoxy) is 2. The van der Waals surface area contributed by atoms with Crippen molar-refractivity contribution in [1.82, 2.24) is 0 Å². The topological polar surface area (TPSA) is 93.1 Å². The van der Waals surface area contributed by atoms with Crippen molar-refractivity contribution in [2.45, 2.75) is 58.8 Å². The van der Waals surface area contributed by atoms with Gasteiger partial charge in [0.1, 0.15) is 0 Å². The van der Waals surface area contributed by atoms with Gasteiger partial charge in [0.05, 0.1) is 37.6 Å². The largest absolute Gasteiger partial charge is 0.462 e. The van der Waals surface area contributed by atoms with Crippen LogP contribution in [0.3, 0.4) is 0 Å². The zero-order valence-corrected chi connectivity index (χ0v) is 25.5. The number of carbonyl (C=O) groups is 2. The lowest BCUT2D eigenvalue weighted by Crippen LogP contribution is -2.14. The molecule has 0 bridgehead atoms. The highest BCUT2D eigenvalue weighted by atomic mass is 16.5. The van der Waals surface area contributed by atoms with E-state index < -0.39 is 25.2 Å². The van der Waals surface area contributed by atoms with Gasteiger partial charge in [-0.15, -0.1) is 0 Å². The summed E-state index contributed by atoms with van der Waals surface area (Å²) in [5.41, 5.74) is 9.08. The van der Waals surface area contributed by atoms with Crippen LogP contribution in [0.1, 0.15) is 55.4 Å². The summed E-state index contributed by atoms with van der Waals surface area (Å²) >= 11 is 0. The van der Waals surface area contributed by atoms with Gasteiger partial charge in [0.15, 0.2) is 0 Å². The molecule has 0 unspecified atom stereocenters. The molecule has 0 aromatic heterocycles. The molecule has 0 radical (unpaired) electrons. The molecule has 0 aliphatic heterocycles. The predicted molar refractivity (Wildman–Crippen MR) is 172 cm³/mol. The Morgan fingerprint density at radius 3 is 1.79 bits per heavy atom. The van der Waals surface area contributed by atoms with Crippen molar-refractivity contribution in [3.63, 3.8) is 0 Å². The van der Waals surface area contributed by atoms with Crippen LogP contribution in [0.5, 0.6) is 0 Å². The Bertz CT molecular complexity index is 1400. The van der Waals surface area contributed by atoms with Crippen LogP contribution in [0, 0.1) is 0 Å². The lowest BCUT2D eigenvalue weighted by atomic mass is 9.90. The first-order valence-electron chi connectivity index (χ1n) is 15.1. The fraction of sp³-hybridized carbons (Fsp3) is 0.351. The standard InChI is InChI=1S/C37H44O6/c1-5-7-8-9-28-10-12-30(13-11-28)32-16-17-35(29(6-2)22-32)34-15-14-31(18-20-42-36(40)26(3)24-38)33(23-34)19-21-43-37(41)27(4)25-39/h10-17,22-23,38-39H,3-9,18-21,24-25H2,1-2H3. The van der Waals surface area contributed by atoms with Gasteiger partial charge < -0.3 is 19.7 Å². The van der Waals surface area contributed by atoms with E-state index in [1.807, 2.05) is 6.07 Å². The molecule has 6 nitrogen and oxygen atoms in total. The van der Waals surface area contributed by atoms with Gasteiger partial charge in [-0.2, -0.15) is 0 Å². The SMILES string of the molecule is C=C(CO)C(=O)OCCc1ccc(-c2ccc(-c3ccc(CCCCC)cc3)cc2CC)cc1CCOC(=O)C(=C)CO. The van der Waals surface area contributed by atoms with Gasteiger partial charge in [0, 0.05) is 12.8 Å². The number of benzene rings is 3. The van der Waals surface area contributed by atoms with Crippen molar-refractivity contribution < 1.29 is 29.3 Å². The Balaban J connectivity index is 1.84. The van der Waals surface area contributed by atoms with E-state index in [9.17, 15) is 9.59 Å². The van der Waals surface area contributed by atoms with Crippen molar-refractivity contribution >= 4 is 11.9 Å². The lowest BCUT2D eigenvalue weighted by Gasteiger charge is -2.16. The van der Waals surface area contributed by atoms with Crippen molar-refractivity contribution in [2.75, 3.05) is 26.4 Å². The van der Waals surface area contributed by atoms with Crippen molar-refractivity contribution in [1.29, 1.82) is 0 Å². The van der Waals surface area contributed by atoms with Crippen LogP contribution < -0.4 is 0 Å². The van der Waals surface area contributed by atoms with E-state index in [1.165, 1.54) is 41.5 Å². The summed E-state index contributed by atoms with van der Waals surface area (Å²) in [6.07, 6.45) is 6.56. The normalized spacial score (nSPS) is 10.8. The summed E-state index contributed by atoms with van der Waals surface area (Å²) in [5, 5.41) is 18.3. The number of esters is 2. The average Bonchev–Trinajstić information content (AvgIpc) is 3.04. The monoisotopic (exact) mass is 584 g/mol. The first-order chi connectivity index (χ1) is 20.8. The Labute approximate surface area is 255 Å². The number of unbranched alkanes of at least 4 members (excludes halogenated alkanes) is 2. The van der Waals surface area contributed by atoms with Gasteiger partial charge in [-0.1, -0.05) is 101 Å². The molecule has 0 aliphatic rings. The molecule has 0 fully saturated rings. The molecule has 228 valence electrons. The van der Waals surface area contributed by atoms with E-state index in [0.29, 0.717) is 12.8 Å². The van der Waals surface area contributed by atoms with Crippen LogP contribution >= 0.6 is 0 Å². The predicted octanol–water partition coefficient (Wildman–Crippen LogP) is 6.58. The zero-order chi connectivity index (χ0) is 31.2. The fourth-order valence-electron chi connectivity index (χ4n) is 4.90. The highest BCUT2D eigenvalue weighted by Crippen LogP contribution is 2.31. The quantitative estimate of drug-likeness (QED) is 0.106. The number of aryl methyl sites for hydroxylation is 2. The fourth-order valence-corrected chi connectivity index (χ4v) is 4.90. The number of hydrogen-bond acceptors (Lipinski definition) is 6. The molecule has 0 saturated heterocycles. The molecule has 2 N–H and O–H groups in total. The van der Waals surface area contributed by atoms with E-state index in [1.54, 1.807) is 0 Å². The van der Waals surface area contributed by atoms with E-state index in [0.717, 1.165) is 35.1 Å². The first kappa shape index (κ1) is 33.5. The molecule has 0 aliphatic carbocycles. The first-order valence-corrected chi connectivity index (χ1v) is 15.1. The third-order valence-corrected chi connectivity index (χ3v) is 7.53. The van der Waals surface area contributed by atoms with E-state index >= 15 is 0 Å². The van der Waals surface area contributed by atoms with Crippen molar-refractivity contribution in [2.24, 2.45) is 0 Å². The second-order valence-corrected chi connectivity index (χ2v) is 10.7. The molecule has 6 heteroatoms. The molecular weight excluding hydrogens is 540 g/mol. The summed E-state index contributed by atoms with van der Waals surface area (Å²) in [6, 6.07) is 21.6. The van der Waals surface area contributed by atoms with Gasteiger partial charge in [0.25, 0.3) is 0 Å². The minimum absolute atomic E-state index is 0.00353. The molecule has 43 heavy (non-hydrogen) atoms. The summed E-state index contributed by atoms with van der Waals surface area (Å²) in [4.78, 5) is 23.9. The number of hydrogen-bond donors (Lipinski definition) is 2. The maximum atomic E-state index is 12.0. The van der Waals surface area contributed by atoms with Crippen LogP contribution in [0.2, 0.25) is 0 Å². The van der Waals surface area contributed by atoms with Gasteiger partial charge in [-0.05, 0) is 63.8 Å². The lowest BCUT2D eigenvalue weighted by molar-refractivity contribution is -0.140. The smallest absolute Gasteiger partial charge is 0.335 e. The van der Waals surface area contributed by atoms with Crippen LogP contribution in [-0.2, 0) is 44.7 Å². The minimum atomic E-state index is -0.630. The molecule has 3 aromatic carbocycles. The Hall–Kier alpha value is -4.00. The van der Waals surface area contributed by atoms with E-state index in [-0.39, 0.29) is 24.4 Å². The van der Waals surface area contributed by atoms with Gasteiger partial charge in [0.2, 0.25) is 0 Å². The Morgan fingerprint density at radius 2 is 1.21 bits per heavy atom. The average molecular weight is 585 g/mol. The molecule has 0 heterocycles. The minimum Gasteiger partial charge on any atom is -0.462 e. The summed E-state index contributed by atoms with van der Waals surface area (Å²) < 4.78 is 10.6. The Morgan fingerprint density at radius 1 is 0.651 bits per heavy atom. The summed E-state index contributed by atoms with van der Waals surface area (Å²) in [6.45, 7) is 10.7. The Kier molecular flexibility index (Phi) is 13.4. The molecule has 3 rings (SSSR count). The molecular formula is C37H44O6. The highest BCUT2D eigenvalue weighted by molar-refractivity contribution is 5.88. The number of rotatable bonds is 17. The van der Waals surface area contributed by atoms with Crippen LogP contribution in [-0.4, -0.2) is 48.6 Å². The van der Waals surface area contributed by atoms with E-state index in [2.05, 4.69) is 81.6 Å². The summed E-state index contributed by atoms with van der Waals surface area (Å²) in [5.74, 6) is -1.26. The zero-order valence-electron chi connectivity index (χ0n) is 25.5. The van der Waals surface area contributed by atoms with Crippen LogP contribution in [0.15, 0.2) is 85.0 Å². The van der Waals surface area contributed by atoms with Crippen molar-refractivity contribution in [3.8, 4) is 22.3 Å². The molecule has 3 aromatic rings. The molecule has 0 saturated carbocycles. The van der Waals surface area contributed by atoms with Crippen LogP contribution in [0.25, 0.3) is 22.3 Å². The van der Waals surface area contributed by atoms with Gasteiger partial charge in [-0.3, -0.25) is 0 Å². The van der Waals surface area contributed by atoms with E-state index in [4.69, 9.17) is 19.7 Å². The third kappa shape index (κ3) is 9.77. The number of aliphatic hydroxyl groups is 2. The number of carbonyl (C=O) groups excluding carboxylic acids is 2. The summed E-state index contributed by atoms with van der Waals surface area (Å²) in [7, 11) is 0. The number of aliphatic hydroxyl groups excluding tert-OH is 2. The molecule has 0 spiro atoms. The van der Waals surface area contributed by atoms with Crippen molar-refractivity contribution in [3.05, 3.63) is 107 Å². The second kappa shape index (κ2) is 17.2. The molecule has 0 atom stereocenters. The second-order valence-electron chi connectivity index (χ2n) is 10.7. The maximum Gasteiger partial charge on any atom is 0.335 e. The highest BCUT2D eigenvalue weighted by Gasteiger charge is 2.14. The van der Waals surface area contributed by atoms with Crippen LogP contribution in [0.4, 0.5) is 0 Å². The maximum absolute atomic E-state index is 12.0. The van der Waals surface area contributed by atoms with Gasteiger partial charge >= 0.3 is 11.9 Å². The third-order valence-electron chi connectivity index (χ3n) is 7.53. The molecule has 0 amide bonds.